The fourth-order valence-electron chi connectivity index (χ4n) is 3.07. The second kappa shape index (κ2) is 10.7. The van der Waals surface area contributed by atoms with Gasteiger partial charge in [0.15, 0.2) is 4.80 Å². The van der Waals surface area contributed by atoms with Crippen molar-refractivity contribution < 1.29 is 22.7 Å². The van der Waals surface area contributed by atoms with Crippen molar-refractivity contribution in [1.29, 1.82) is 0 Å². The van der Waals surface area contributed by atoms with Gasteiger partial charge in [0.2, 0.25) is 10.0 Å². The van der Waals surface area contributed by atoms with Crippen LogP contribution in [0.4, 0.5) is 0 Å². The summed E-state index contributed by atoms with van der Waals surface area (Å²) in [7, 11) is 1.05. The molecule has 0 saturated carbocycles. The third kappa shape index (κ3) is 5.28. The molecule has 0 N–H and O–H groups in total. The molecule has 11 heteroatoms. The van der Waals surface area contributed by atoms with E-state index in [1.165, 1.54) is 54.1 Å². The average molecular weight is 498 g/mol. The second-order valence-corrected chi connectivity index (χ2v) is 10.2. The Morgan fingerprint density at radius 2 is 1.72 bits per heavy atom. The molecule has 0 aliphatic rings. The fraction of sp³-hybridized carbons (Fsp3) is 0.333. The van der Waals surface area contributed by atoms with Crippen LogP contribution in [0.3, 0.4) is 0 Å². The molecule has 0 aliphatic heterocycles. The number of rotatable bonds is 9. The zero-order chi connectivity index (χ0) is 23.3. The first-order valence-electron chi connectivity index (χ1n) is 9.70. The third-order valence-electron chi connectivity index (χ3n) is 4.80. The van der Waals surface area contributed by atoms with Gasteiger partial charge in [0.05, 0.1) is 33.3 Å². The van der Waals surface area contributed by atoms with Crippen LogP contribution in [0.5, 0.6) is 0 Å². The molecule has 0 saturated heterocycles. The lowest BCUT2D eigenvalue weighted by Gasteiger charge is -2.21. The summed E-state index contributed by atoms with van der Waals surface area (Å²) in [5.41, 5.74) is 1.09. The maximum absolute atomic E-state index is 13.0. The number of aryl methyl sites for hydroxylation is 1. The highest BCUT2D eigenvalue weighted by Crippen LogP contribution is 2.24. The number of hydrogen-bond donors (Lipinski definition) is 0. The number of sulfonamides is 1. The van der Waals surface area contributed by atoms with E-state index in [4.69, 9.17) is 21.1 Å². The van der Waals surface area contributed by atoms with E-state index in [-0.39, 0.29) is 36.8 Å². The zero-order valence-electron chi connectivity index (χ0n) is 17.9. The average Bonchev–Trinajstić information content (AvgIpc) is 3.10. The van der Waals surface area contributed by atoms with Gasteiger partial charge < -0.3 is 14.0 Å². The van der Waals surface area contributed by atoms with Gasteiger partial charge in [-0.1, -0.05) is 29.0 Å². The first-order chi connectivity index (χ1) is 15.3. The van der Waals surface area contributed by atoms with Gasteiger partial charge in [-0.2, -0.15) is 9.30 Å². The largest absolute Gasteiger partial charge is 0.383 e. The number of carbonyl (C=O) groups is 1. The lowest BCUT2D eigenvalue weighted by molar-refractivity contribution is 0.0998. The molecule has 0 unspecified atom stereocenters. The van der Waals surface area contributed by atoms with Gasteiger partial charge in [-0.25, -0.2) is 8.42 Å². The number of thiazole rings is 1. The summed E-state index contributed by atoms with van der Waals surface area (Å²) in [4.78, 5) is 17.5. The monoisotopic (exact) mass is 497 g/mol. The van der Waals surface area contributed by atoms with Crippen molar-refractivity contribution in [3.63, 3.8) is 0 Å². The third-order valence-corrected chi connectivity index (χ3v) is 8.11. The number of nitrogens with zero attached hydrogens (tertiary/aromatic N) is 3. The molecule has 32 heavy (non-hydrogen) atoms. The number of para-hydroxylation sites is 1. The maximum atomic E-state index is 13.0. The van der Waals surface area contributed by atoms with Crippen LogP contribution < -0.4 is 4.80 Å². The Kier molecular flexibility index (Phi) is 8.21. The van der Waals surface area contributed by atoms with Crippen LogP contribution in [0.15, 0.2) is 52.4 Å². The van der Waals surface area contributed by atoms with Crippen molar-refractivity contribution in [2.45, 2.75) is 4.90 Å². The smallest absolute Gasteiger partial charge is 0.279 e. The lowest BCUT2D eigenvalue weighted by atomic mass is 10.2. The SMILES string of the molecule is COCCN(CCOC)S(=O)(=O)c1ccc(C(=O)N=c2sc3cccc(Cl)c3n2C)cc1. The van der Waals surface area contributed by atoms with E-state index in [0.29, 0.717) is 9.82 Å². The number of benzene rings is 2. The molecule has 3 rings (SSSR count). The minimum absolute atomic E-state index is 0.0838. The molecule has 8 nitrogen and oxygen atoms in total. The summed E-state index contributed by atoms with van der Waals surface area (Å²) in [6, 6.07) is 11.3. The van der Waals surface area contributed by atoms with E-state index in [2.05, 4.69) is 4.99 Å². The highest BCUT2D eigenvalue weighted by atomic mass is 35.5. The summed E-state index contributed by atoms with van der Waals surface area (Å²) in [6.07, 6.45) is 0. The summed E-state index contributed by atoms with van der Waals surface area (Å²) < 4.78 is 40.0. The van der Waals surface area contributed by atoms with Gasteiger partial charge in [-0.15, -0.1) is 0 Å². The minimum atomic E-state index is -3.76. The van der Waals surface area contributed by atoms with E-state index in [1.807, 2.05) is 12.1 Å². The Balaban J connectivity index is 1.88. The topological polar surface area (TPSA) is 90.2 Å². The molecule has 3 aromatic rings. The molecular weight excluding hydrogens is 474 g/mol. The number of ether oxygens (including phenoxy) is 2. The number of aromatic nitrogens is 1. The highest BCUT2D eigenvalue weighted by molar-refractivity contribution is 7.89. The van der Waals surface area contributed by atoms with Crippen molar-refractivity contribution in [3.8, 4) is 0 Å². The summed E-state index contributed by atoms with van der Waals surface area (Å²) >= 11 is 7.61. The van der Waals surface area contributed by atoms with Crippen LogP contribution in [0, 0.1) is 0 Å². The number of hydrogen-bond acceptors (Lipinski definition) is 6. The number of fused-ring (bicyclic) bond motifs is 1. The predicted octanol–water partition coefficient (Wildman–Crippen LogP) is 2.92. The molecule has 1 heterocycles. The fourth-order valence-corrected chi connectivity index (χ4v) is 5.88. The molecule has 1 aromatic heterocycles. The summed E-state index contributed by atoms with van der Waals surface area (Å²) in [5, 5.41) is 0.580. The van der Waals surface area contributed by atoms with E-state index < -0.39 is 15.9 Å². The van der Waals surface area contributed by atoms with Crippen LogP contribution >= 0.6 is 22.9 Å². The quantitative estimate of drug-likeness (QED) is 0.453. The molecule has 0 aliphatic carbocycles. The van der Waals surface area contributed by atoms with E-state index in [1.54, 1.807) is 17.7 Å². The zero-order valence-corrected chi connectivity index (χ0v) is 20.3. The van der Waals surface area contributed by atoms with E-state index >= 15 is 0 Å². The number of halogens is 1. The normalized spacial score (nSPS) is 12.7. The molecule has 0 bridgehead atoms. The van der Waals surface area contributed by atoms with Gasteiger partial charge in [0, 0.05) is 39.9 Å². The van der Waals surface area contributed by atoms with Crippen LogP contribution in [-0.2, 0) is 26.5 Å². The summed E-state index contributed by atoms with van der Waals surface area (Å²) in [5.74, 6) is -0.470. The van der Waals surface area contributed by atoms with Crippen LogP contribution in [0.1, 0.15) is 10.4 Å². The standard InChI is InChI=1S/C21H24ClN3O5S2/c1-24-19-17(22)5-4-6-18(19)31-21(24)23-20(26)15-7-9-16(10-8-15)32(27,28)25(11-13-29-2)12-14-30-3/h4-10H,11-14H2,1-3H3. The molecule has 0 radical (unpaired) electrons. The van der Waals surface area contributed by atoms with Gasteiger partial charge in [-0.05, 0) is 36.4 Å². The Hall–Kier alpha value is -2.08. The van der Waals surface area contributed by atoms with Crippen LogP contribution in [0.2, 0.25) is 5.02 Å². The molecule has 172 valence electrons. The van der Waals surface area contributed by atoms with Gasteiger partial charge in [-0.3, -0.25) is 4.79 Å². The first-order valence-corrected chi connectivity index (χ1v) is 12.3. The molecular formula is C21H24ClN3O5S2. The van der Waals surface area contributed by atoms with Crippen molar-refractivity contribution in [1.82, 2.24) is 8.87 Å². The highest BCUT2D eigenvalue weighted by Gasteiger charge is 2.24. The lowest BCUT2D eigenvalue weighted by Crippen LogP contribution is -2.36. The molecule has 1 amide bonds. The Morgan fingerprint density at radius 1 is 1.09 bits per heavy atom. The van der Waals surface area contributed by atoms with Crippen molar-refractivity contribution >= 4 is 49.1 Å². The van der Waals surface area contributed by atoms with Crippen molar-refractivity contribution in [2.75, 3.05) is 40.5 Å². The number of methoxy groups -OCH3 is 2. The maximum Gasteiger partial charge on any atom is 0.279 e. The molecule has 0 fully saturated rings. The first kappa shape index (κ1) is 24.6. The number of carbonyl (C=O) groups excluding carboxylic acids is 1. The molecule has 2 aromatic carbocycles. The van der Waals surface area contributed by atoms with Crippen LogP contribution in [-0.4, -0.2) is 63.7 Å². The molecule has 0 atom stereocenters. The Morgan fingerprint density at radius 3 is 2.28 bits per heavy atom. The van der Waals surface area contributed by atoms with Gasteiger partial charge in [0.25, 0.3) is 5.91 Å². The summed E-state index contributed by atoms with van der Waals surface area (Å²) in [6.45, 7) is 0.912. The molecule has 0 spiro atoms. The Labute approximate surface area is 195 Å². The number of amides is 1. The van der Waals surface area contributed by atoms with Crippen molar-refractivity contribution in [2.24, 2.45) is 12.0 Å². The van der Waals surface area contributed by atoms with Gasteiger partial charge in [0.1, 0.15) is 0 Å². The van der Waals surface area contributed by atoms with Crippen LogP contribution in [0.25, 0.3) is 10.2 Å². The van der Waals surface area contributed by atoms with E-state index in [0.717, 1.165) is 10.2 Å². The Bertz CT molecular complexity index is 1260. The van der Waals surface area contributed by atoms with Gasteiger partial charge >= 0.3 is 0 Å². The second-order valence-electron chi connectivity index (χ2n) is 6.86. The minimum Gasteiger partial charge on any atom is -0.383 e. The van der Waals surface area contributed by atoms with Crippen molar-refractivity contribution in [3.05, 3.63) is 57.9 Å². The predicted molar refractivity (Wildman–Crippen MR) is 125 cm³/mol. The van der Waals surface area contributed by atoms with E-state index in [9.17, 15) is 13.2 Å².